The Kier molecular flexibility index (Phi) is 2.77. The van der Waals surface area contributed by atoms with Crippen molar-refractivity contribution in [1.29, 1.82) is 0 Å². The zero-order valence-corrected chi connectivity index (χ0v) is 7.32. The van der Waals surface area contributed by atoms with Crippen LogP contribution in [0.3, 0.4) is 0 Å². The van der Waals surface area contributed by atoms with E-state index in [1.54, 1.807) is 0 Å². The minimum absolute atomic E-state index is 0.0956. The molecule has 0 aromatic carbocycles. The molecule has 0 radical (unpaired) electrons. The highest BCUT2D eigenvalue weighted by Crippen LogP contribution is 2.36. The van der Waals surface area contributed by atoms with Crippen LogP contribution in [0.4, 0.5) is 13.2 Å². The molecule has 7 heteroatoms. The fraction of sp³-hybridized carbons (Fsp3) is 0.500. The second-order valence-corrected chi connectivity index (χ2v) is 3.20. The number of hydrogen-bond acceptors (Lipinski definition) is 4. The number of aliphatic hydroxyl groups is 1. The average molecular weight is 213 g/mol. The number of methoxy groups -OCH3 is 1. The van der Waals surface area contributed by atoms with Crippen molar-refractivity contribution in [2.24, 2.45) is 0 Å². The van der Waals surface area contributed by atoms with Gasteiger partial charge in [0.05, 0.1) is 12.0 Å². The van der Waals surface area contributed by atoms with Crippen LogP contribution >= 0.6 is 11.3 Å². The Balaban J connectivity index is 2.83. The summed E-state index contributed by atoms with van der Waals surface area (Å²) in [6, 6.07) is 0. The predicted molar refractivity (Wildman–Crippen MR) is 39.7 cm³/mol. The summed E-state index contributed by atoms with van der Waals surface area (Å²) in [6.45, 7) is 0. The number of hydrogen-bond donors (Lipinski definition) is 1. The minimum atomic E-state index is -4.66. The van der Waals surface area contributed by atoms with Crippen LogP contribution in [0.25, 0.3) is 0 Å². The van der Waals surface area contributed by atoms with Gasteiger partial charge in [-0.25, -0.2) is 4.98 Å². The molecule has 0 saturated heterocycles. The highest BCUT2D eigenvalue weighted by atomic mass is 32.1. The van der Waals surface area contributed by atoms with Crippen LogP contribution in [0.1, 0.15) is 11.0 Å². The first-order valence-corrected chi connectivity index (χ1v) is 4.01. The van der Waals surface area contributed by atoms with E-state index in [2.05, 4.69) is 9.72 Å². The molecule has 1 N–H and O–H groups in total. The van der Waals surface area contributed by atoms with Crippen molar-refractivity contribution in [1.82, 2.24) is 4.98 Å². The smallest absolute Gasteiger partial charge is 0.419 e. The molecule has 0 fully saturated rings. The SMILES string of the molecule is COc1ncc([C@H](O)C(F)(F)F)s1. The van der Waals surface area contributed by atoms with E-state index < -0.39 is 12.3 Å². The van der Waals surface area contributed by atoms with E-state index >= 15 is 0 Å². The summed E-state index contributed by atoms with van der Waals surface area (Å²) in [5, 5.41) is 8.85. The van der Waals surface area contributed by atoms with Gasteiger partial charge >= 0.3 is 6.18 Å². The monoisotopic (exact) mass is 213 g/mol. The number of aromatic nitrogens is 1. The summed E-state index contributed by atoms with van der Waals surface area (Å²) in [5.74, 6) is 0. The topological polar surface area (TPSA) is 42.4 Å². The molecule has 0 spiro atoms. The van der Waals surface area contributed by atoms with Gasteiger partial charge in [-0.2, -0.15) is 13.2 Å². The van der Waals surface area contributed by atoms with E-state index in [1.807, 2.05) is 0 Å². The van der Waals surface area contributed by atoms with Crippen LogP contribution in [0, 0.1) is 0 Å². The summed E-state index contributed by atoms with van der Waals surface area (Å²) in [4.78, 5) is 3.23. The number of ether oxygens (including phenoxy) is 1. The van der Waals surface area contributed by atoms with Crippen LogP contribution in [-0.2, 0) is 0 Å². The molecule has 0 amide bonds. The quantitative estimate of drug-likeness (QED) is 0.813. The largest absolute Gasteiger partial charge is 0.473 e. The lowest BCUT2D eigenvalue weighted by atomic mass is 10.3. The van der Waals surface area contributed by atoms with Crippen molar-refractivity contribution >= 4 is 11.3 Å². The highest BCUT2D eigenvalue weighted by Gasteiger charge is 2.40. The molecular weight excluding hydrogens is 207 g/mol. The second-order valence-electron chi connectivity index (χ2n) is 2.18. The first-order valence-electron chi connectivity index (χ1n) is 3.19. The molecule has 1 aromatic heterocycles. The third kappa shape index (κ3) is 2.31. The van der Waals surface area contributed by atoms with Crippen LogP contribution in [0.5, 0.6) is 5.19 Å². The normalized spacial score (nSPS) is 14.2. The van der Waals surface area contributed by atoms with Crippen molar-refractivity contribution < 1.29 is 23.0 Å². The summed E-state index contributed by atoms with van der Waals surface area (Å²) in [5.41, 5.74) is 0. The van der Waals surface area contributed by atoms with Gasteiger partial charge < -0.3 is 9.84 Å². The molecule has 1 aromatic rings. The number of halogens is 3. The predicted octanol–water partition coefficient (Wildman–Crippen LogP) is 1.75. The molecule has 1 atom stereocenters. The lowest BCUT2D eigenvalue weighted by molar-refractivity contribution is -0.205. The van der Waals surface area contributed by atoms with E-state index in [0.717, 1.165) is 6.20 Å². The standard InChI is InChI=1S/C6H6F3NO2S/c1-12-5-10-2-3(13-5)4(11)6(7,8)9/h2,4,11H,1H3/t4-/m0/s1. The first-order chi connectivity index (χ1) is 5.95. The van der Waals surface area contributed by atoms with Gasteiger partial charge in [0.1, 0.15) is 0 Å². The molecule has 74 valence electrons. The van der Waals surface area contributed by atoms with E-state index in [9.17, 15) is 13.2 Å². The Hall–Kier alpha value is -0.820. The average Bonchev–Trinajstić information content (AvgIpc) is 2.48. The Morgan fingerprint density at radius 1 is 1.62 bits per heavy atom. The maximum Gasteiger partial charge on any atom is 0.419 e. The number of rotatable bonds is 2. The van der Waals surface area contributed by atoms with E-state index in [4.69, 9.17) is 5.11 Å². The fourth-order valence-corrected chi connectivity index (χ4v) is 1.39. The molecule has 0 bridgehead atoms. The number of alkyl halides is 3. The van der Waals surface area contributed by atoms with Crippen LogP contribution in [-0.4, -0.2) is 23.4 Å². The molecule has 0 aliphatic rings. The highest BCUT2D eigenvalue weighted by molar-refractivity contribution is 7.13. The maximum absolute atomic E-state index is 11.9. The Bertz CT molecular complexity index is 286. The molecular formula is C6H6F3NO2S. The summed E-state index contributed by atoms with van der Waals surface area (Å²) < 4.78 is 40.4. The van der Waals surface area contributed by atoms with Crippen molar-refractivity contribution in [3.63, 3.8) is 0 Å². The van der Waals surface area contributed by atoms with Crippen molar-refractivity contribution in [3.05, 3.63) is 11.1 Å². The zero-order chi connectivity index (χ0) is 10.1. The Morgan fingerprint density at radius 3 is 2.62 bits per heavy atom. The molecule has 1 rings (SSSR count). The second kappa shape index (κ2) is 3.51. The molecule has 1 heterocycles. The van der Waals surface area contributed by atoms with Gasteiger partial charge in [-0.05, 0) is 0 Å². The molecule has 0 aliphatic carbocycles. The van der Waals surface area contributed by atoms with Gasteiger partial charge in [-0.15, -0.1) is 0 Å². The van der Waals surface area contributed by atoms with Gasteiger partial charge in [0, 0.05) is 6.20 Å². The maximum atomic E-state index is 11.9. The summed E-state index contributed by atoms with van der Waals surface area (Å²) in [6.07, 6.45) is -6.19. The molecule has 0 unspecified atom stereocenters. The van der Waals surface area contributed by atoms with Gasteiger partial charge in [0.15, 0.2) is 6.10 Å². The van der Waals surface area contributed by atoms with Crippen molar-refractivity contribution in [2.45, 2.75) is 12.3 Å². The first kappa shape index (κ1) is 10.3. The van der Waals surface area contributed by atoms with E-state index in [0.29, 0.717) is 11.3 Å². The van der Waals surface area contributed by atoms with Crippen molar-refractivity contribution in [2.75, 3.05) is 7.11 Å². The third-order valence-electron chi connectivity index (χ3n) is 1.26. The zero-order valence-electron chi connectivity index (χ0n) is 6.50. The summed E-state index contributed by atoms with van der Waals surface area (Å²) in [7, 11) is 1.29. The van der Waals surface area contributed by atoms with E-state index in [-0.39, 0.29) is 10.1 Å². The van der Waals surface area contributed by atoms with Gasteiger partial charge in [0.25, 0.3) is 5.19 Å². The number of nitrogens with zero attached hydrogens (tertiary/aromatic N) is 1. The number of thiazole rings is 1. The van der Waals surface area contributed by atoms with Crippen LogP contribution in [0.2, 0.25) is 0 Å². The van der Waals surface area contributed by atoms with Gasteiger partial charge in [-0.1, -0.05) is 11.3 Å². The minimum Gasteiger partial charge on any atom is -0.473 e. The van der Waals surface area contributed by atoms with Crippen LogP contribution < -0.4 is 4.74 Å². The third-order valence-corrected chi connectivity index (χ3v) is 2.27. The molecule has 13 heavy (non-hydrogen) atoms. The Labute approximate surface area is 75.8 Å². The number of aliphatic hydroxyl groups excluding tert-OH is 1. The molecule has 0 aliphatic heterocycles. The van der Waals surface area contributed by atoms with Gasteiger partial charge in [-0.3, -0.25) is 0 Å². The van der Waals surface area contributed by atoms with E-state index in [1.165, 1.54) is 7.11 Å². The summed E-state index contributed by atoms with van der Waals surface area (Å²) >= 11 is 0.665. The fourth-order valence-electron chi connectivity index (χ4n) is 0.652. The van der Waals surface area contributed by atoms with Crippen molar-refractivity contribution in [3.8, 4) is 5.19 Å². The lowest BCUT2D eigenvalue weighted by Gasteiger charge is -2.11. The molecule has 3 nitrogen and oxygen atoms in total. The Morgan fingerprint density at radius 2 is 2.23 bits per heavy atom. The van der Waals surface area contributed by atoms with Gasteiger partial charge in [0.2, 0.25) is 0 Å². The van der Waals surface area contributed by atoms with Crippen LogP contribution in [0.15, 0.2) is 6.20 Å². The molecule has 0 saturated carbocycles. The lowest BCUT2D eigenvalue weighted by Crippen LogP contribution is -2.18.